The topological polar surface area (TPSA) is 12.9 Å². The quantitative estimate of drug-likeness (QED) is 0.674. The summed E-state index contributed by atoms with van der Waals surface area (Å²) < 4.78 is 0. The van der Waals surface area contributed by atoms with Crippen LogP contribution in [0.3, 0.4) is 0 Å². The Morgan fingerprint density at radius 1 is 1.50 bits per heavy atom. The van der Waals surface area contributed by atoms with E-state index in [0.29, 0.717) is 5.88 Å². The lowest BCUT2D eigenvalue weighted by molar-refractivity contribution is 1.18. The van der Waals surface area contributed by atoms with Crippen LogP contribution in [0.15, 0.2) is 24.3 Å². The third-order valence-corrected chi connectivity index (χ3v) is 1.47. The van der Waals surface area contributed by atoms with Crippen molar-refractivity contribution in [1.82, 2.24) is 4.98 Å². The van der Waals surface area contributed by atoms with E-state index in [1.54, 1.807) is 0 Å². The average Bonchev–Trinajstić information content (AvgIpc) is 2.01. The minimum Gasteiger partial charge on any atom is -0.254 e. The van der Waals surface area contributed by atoms with Gasteiger partial charge in [-0.15, -0.1) is 24.0 Å². The van der Waals surface area contributed by atoms with Gasteiger partial charge in [-0.05, 0) is 25.1 Å². The maximum Gasteiger partial charge on any atom is 0.0630 e. The lowest BCUT2D eigenvalue weighted by Crippen LogP contribution is -1.82. The molecule has 0 atom stereocenters. The van der Waals surface area contributed by atoms with Gasteiger partial charge in [-0.2, -0.15) is 0 Å². The first-order valence-corrected chi connectivity index (χ1v) is 4.02. The van der Waals surface area contributed by atoms with Crippen LogP contribution in [0.2, 0.25) is 0 Å². The maximum atomic E-state index is 5.48. The number of alkyl halides is 1. The van der Waals surface area contributed by atoms with Gasteiger partial charge < -0.3 is 0 Å². The Morgan fingerprint density at radius 2 is 2.25 bits per heavy atom. The molecule has 3 heteroatoms. The molecule has 0 aliphatic heterocycles. The third kappa shape index (κ3) is 3.74. The summed E-state index contributed by atoms with van der Waals surface area (Å²) in [7, 11) is 0. The molecule has 0 aliphatic rings. The SMILES string of the molecule is Cc1cccc(/C=C/CCl)n1.Cl. The maximum absolute atomic E-state index is 5.48. The van der Waals surface area contributed by atoms with E-state index in [-0.39, 0.29) is 12.4 Å². The molecule has 0 aromatic carbocycles. The van der Waals surface area contributed by atoms with Crippen molar-refractivity contribution in [2.45, 2.75) is 6.92 Å². The Kier molecular flexibility index (Phi) is 5.77. The first kappa shape index (κ1) is 11.5. The molecule has 0 N–H and O–H groups in total. The molecule has 66 valence electrons. The molecule has 0 unspecified atom stereocenters. The van der Waals surface area contributed by atoms with Gasteiger partial charge in [0.05, 0.1) is 5.69 Å². The predicted molar refractivity (Wildman–Crippen MR) is 56.0 cm³/mol. The molecule has 1 aromatic heterocycles. The lowest BCUT2D eigenvalue weighted by atomic mass is 10.3. The van der Waals surface area contributed by atoms with Gasteiger partial charge in [-0.25, -0.2) is 0 Å². The highest BCUT2D eigenvalue weighted by Gasteiger charge is 1.86. The molecule has 1 heterocycles. The first-order valence-electron chi connectivity index (χ1n) is 3.49. The summed E-state index contributed by atoms with van der Waals surface area (Å²) in [6.45, 7) is 1.97. The van der Waals surface area contributed by atoms with E-state index in [1.165, 1.54) is 0 Å². The molecule has 0 saturated heterocycles. The summed E-state index contributed by atoms with van der Waals surface area (Å²) in [6, 6.07) is 5.91. The molecule has 0 aliphatic carbocycles. The van der Waals surface area contributed by atoms with E-state index in [9.17, 15) is 0 Å². The van der Waals surface area contributed by atoms with E-state index in [4.69, 9.17) is 11.6 Å². The van der Waals surface area contributed by atoms with Gasteiger partial charge in [-0.3, -0.25) is 4.98 Å². The van der Waals surface area contributed by atoms with E-state index < -0.39 is 0 Å². The molecule has 1 aromatic rings. The van der Waals surface area contributed by atoms with Gasteiger partial charge in [0.25, 0.3) is 0 Å². The smallest absolute Gasteiger partial charge is 0.0630 e. The minimum absolute atomic E-state index is 0. The van der Waals surface area contributed by atoms with Crippen molar-refractivity contribution in [1.29, 1.82) is 0 Å². The molecule has 0 radical (unpaired) electrons. The highest BCUT2D eigenvalue weighted by atomic mass is 35.5. The van der Waals surface area contributed by atoms with Gasteiger partial charge >= 0.3 is 0 Å². The molecule has 1 rings (SSSR count). The number of hydrogen-bond acceptors (Lipinski definition) is 1. The number of aromatic nitrogens is 1. The summed E-state index contributed by atoms with van der Waals surface area (Å²) >= 11 is 5.48. The van der Waals surface area contributed by atoms with Crippen LogP contribution in [0.5, 0.6) is 0 Å². The molecular formula is C9H11Cl2N. The summed E-state index contributed by atoms with van der Waals surface area (Å²) in [5.41, 5.74) is 1.99. The van der Waals surface area contributed by atoms with E-state index in [2.05, 4.69) is 4.98 Å². The number of allylic oxidation sites excluding steroid dienone is 1. The van der Waals surface area contributed by atoms with Crippen molar-refractivity contribution < 1.29 is 0 Å². The number of rotatable bonds is 2. The van der Waals surface area contributed by atoms with Crippen molar-refractivity contribution in [3.8, 4) is 0 Å². The second-order valence-electron chi connectivity index (χ2n) is 2.26. The second kappa shape index (κ2) is 6.04. The lowest BCUT2D eigenvalue weighted by Gasteiger charge is -1.92. The van der Waals surface area contributed by atoms with Crippen molar-refractivity contribution in [2.75, 3.05) is 5.88 Å². The standard InChI is InChI=1S/C9H10ClN.ClH/c1-8-4-2-5-9(11-8)6-3-7-10;/h2-6H,7H2,1H3;1H/b6-3+;. The van der Waals surface area contributed by atoms with Crippen molar-refractivity contribution in [3.05, 3.63) is 35.7 Å². The molecule has 0 fully saturated rings. The number of halogens is 2. The van der Waals surface area contributed by atoms with Crippen LogP contribution in [-0.2, 0) is 0 Å². The van der Waals surface area contributed by atoms with Crippen LogP contribution in [-0.4, -0.2) is 10.9 Å². The summed E-state index contributed by atoms with van der Waals surface area (Å²) in [4.78, 5) is 4.27. The fourth-order valence-electron chi connectivity index (χ4n) is 0.822. The zero-order valence-corrected chi connectivity index (χ0v) is 8.40. The largest absolute Gasteiger partial charge is 0.254 e. The van der Waals surface area contributed by atoms with E-state index >= 15 is 0 Å². The van der Waals surface area contributed by atoms with Gasteiger partial charge in [0, 0.05) is 11.6 Å². The Balaban J connectivity index is 0.00000121. The van der Waals surface area contributed by atoms with E-state index in [1.807, 2.05) is 37.3 Å². The number of pyridine rings is 1. The number of aryl methyl sites for hydroxylation is 1. The summed E-state index contributed by atoms with van der Waals surface area (Å²) in [5, 5.41) is 0. The van der Waals surface area contributed by atoms with Crippen LogP contribution in [0.4, 0.5) is 0 Å². The Labute approximate surface area is 83.9 Å². The fourth-order valence-corrected chi connectivity index (χ4v) is 0.911. The molecule has 0 spiro atoms. The summed E-state index contributed by atoms with van der Waals surface area (Å²) in [5.74, 6) is 0.537. The zero-order chi connectivity index (χ0) is 8.10. The normalized spacial score (nSPS) is 9.83. The van der Waals surface area contributed by atoms with Crippen LogP contribution in [0.25, 0.3) is 6.08 Å². The molecular weight excluding hydrogens is 193 g/mol. The number of hydrogen-bond donors (Lipinski definition) is 0. The van der Waals surface area contributed by atoms with Crippen molar-refractivity contribution in [2.24, 2.45) is 0 Å². The van der Waals surface area contributed by atoms with Gasteiger partial charge in [0.15, 0.2) is 0 Å². The third-order valence-electron chi connectivity index (χ3n) is 1.29. The van der Waals surface area contributed by atoms with Crippen molar-refractivity contribution in [3.63, 3.8) is 0 Å². The molecule has 0 saturated carbocycles. The summed E-state index contributed by atoms with van der Waals surface area (Å²) in [6.07, 6.45) is 3.79. The zero-order valence-electron chi connectivity index (χ0n) is 6.83. The molecule has 12 heavy (non-hydrogen) atoms. The second-order valence-corrected chi connectivity index (χ2v) is 2.57. The molecule has 0 amide bonds. The number of nitrogens with zero attached hydrogens (tertiary/aromatic N) is 1. The average molecular weight is 204 g/mol. The van der Waals surface area contributed by atoms with Gasteiger partial charge in [0.2, 0.25) is 0 Å². The minimum atomic E-state index is 0. The van der Waals surface area contributed by atoms with E-state index in [0.717, 1.165) is 11.4 Å². The molecule has 0 bridgehead atoms. The highest BCUT2D eigenvalue weighted by Crippen LogP contribution is 2.00. The predicted octanol–water partition coefficient (Wildman–Crippen LogP) is 3.06. The van der Waals surface area contributed by atoms with Crippen molar-refractivity contribution >= 4 is 30.1 Å². The Bertz CT molecular complexity index is 258. The van der Waals surface area contributed by atoms with Crippen LogP contribution in [0, 0.1) is 6.92 Å². The monoisotopic (exact) mass is 203 g/mol. The first-order chi connectivity index (χ1) is 5.33. The van der Waals surface area contributed by atoms with Gasteiger partial charge in [-0.1, -0.05) is 12.1 Å². The Morgan fingerprint density at radius 3 is 2.83 bits per heavy atom. The molecule has 1 nitrogen and oxygen atoms in total. The van der Waals surface area contributed by atoms with Crippen LogP contribution >= 0.6 is 24.0 Å². The Hall–Kier alpha value is -0.530. The highest BCUT2D eigenvalue weighted by molar-refractivity contribution is 6.19. The van der Waals surface area contributed by atoms with Crippen LogP contribution < -0.4 is 0 Å². The fraction of sp³-hybridized carbons (Fsp3) is 0.222. The van der Waals surface area contributed by atoms with Crippen LogP contribution in [0.1, 0.15) is 11.4 Å². The van der Waals surface area contributed by atoms with Gasteiger partial charge in [0.1, 0.15) is 0 Å².